The summed E-state index contributed by atoms with van der Waals surface area (Å²) >= 11 is 11.8. The molecule has 4 rings (SSSR count). The number of benzene rings is 2. The van der Waals surface area contributed by atoms with E-state index >= 15 is 0 Å². The Bertz CT molecular complexity index is 1050. The monoisotopic (exact) mass is 494 g/mol. The average molecular weight is 495 g/mol. The molecule has 1 unspecified atom stereocenters. The fraction of sp³-hybridized carbons (Fsp3) is 0.409. The molecule has 2 fully saturated rings. The Morgan fingerprint density at radius 1 is 1.12 bits per heavy atom. The smallest absolute Gasteiger partial charge is 0.243 e. The minimum atomic E-state index is -3.61. The van der Waals surface area contributed by atoms with Crippen molar-refractivity contribution in [2.24, 2.45) is 0 Å². The molecule has 2 aliphatic heterocycles. The van der Waals surface area contributed by atoms with Gasteiger partial charge in [-0.05, 0) is 42.4 Å². The number of halogens is 1. The van der Waals surface area contributed by atoms with Crippen molar-refractivity contribution in [3.8, 4) is 0 Å². The van der Waals surface area contributed by atoms with Gasteiger partial charge < -0.3 is 15.4 Å². The lowest BCUT2D eigenvalue weighted by molar-refractivity contribution is 0.0730. The van der Waals surface area contributed by atoms with Gasteiger partial charge in [0.25, 0.3) is 0 Å². The summed E-state index contributed by atoms with van der Waals surface area (Å²) in [5.41, 5.74) is 1.76. The maximum absolute atomic E-state index is 12.9. The third kappa shape index (κ3) is 5.78. The number of likely N-dealkylation sites (tertiary alicyclic amines) is 1. The minimum absolute atomic E-state index is 0.184. The molecule has 0 aromatic heterocycles. The molecule has 0 spiro atoms. The summed E-state index contributed by atoms with van der Waals surface area (Å²) in [5, 5.41) is 7.25. The summed E-state index contributed by atoms with van der Waals surface area (Å²) < 4.78 is 32.6. The highest BCUT2D eigenvalue weighted by atomic mass is 35.5. The Morgan fingerprint density at radius 3 is 2.62 bits per heavy atom. The van der Waals surface area contributed by atoms with Crippen LogP contribution in [0.3, 0.4) is 0 Å². The van der Waals surface area contributed by atoms with Gasteiger partial charge in [0.1, 0.15) is 0 Å². The number of anilines is 1. The molecule has 172 valence electrons. The molecule has 0 bridgehead atoms. The van der Waals surface area contributed by atoms with Crippen molar-refractivity contribution >= 4 is 44.6 Å². The van der Waals surface area contributed by atoms with Crippen molar-refractivity contribution in [1.29, 1.82) is 0 Å². The van der Waals surface area contributed by atoms with Gasteiger partial charge in [-0.2, -0.15) is 4.31 Å². The van der Waals surface area contributed by atoms with Crippen LogP contribution >= 0.6 is 23.8 Å². The molecule has 0 radical (unpaired) electrons. The summed E-state index contributed by atoms with van der Waals surface area (Å²) in [4.78, 5) is 2.57. The lowest BCUT2D eigenvalue weighted by Gasteiger charge is -2.26. The van der Waals surface area contributed by atoms with Crippen LogP contribution in [0.2, 0.25) is 5.02 Å². The largest absolute Gasteiger partial charge is 0.379 e. The summed E-state index contributed by atoms with van der Waals surface area (Å²) in [7, 11) is -3.61. The van der Waals surface area contributed by atoms with E-state index in [1.165, 1.54) is 22.0 Å². The van der Waals surface area contributed by atoms with Crippen molar-refractivity contribution < 1.29 is 13.2 Å². The van der Waals surface area contributed by atoms with Crippen LogP contribution in [0.1, 0.15) is 12.0 Å². The van der Waals surface area contributed by atoms with Crippen LogP contribution in [0, 0.1) is 0 Å². The number of nitrogens with one attached hydrogen (secondary N) is 2. The molecule has 2 saturated heterocycles. The quantitative estimate of drug-likeness (QED) is 0.598. The van der Waals surface area contributed by atoms with E-state index in [1.54, 1.807) is 6.07 Å². The predicted octanol–water partition coefficient (Wildman–Crippen LogP) is 2.92. The number of thiocarbonyl (C=S) groups is 1. The van der Waals surface area contributed by atoms with Crippen LogP contribution in [0.5, 0.6) is 0 Å². The molecule has 7 nitrogen and oxygen atoms in total. The van der Waals surface area contributed by atoms with E-state index in [9.17, 15) is 8.42 Å². The number of nitrogens with zero attached hydrogens (tertiary/aromatic N) is 2. The molecule has 2 heterocycles. The second-order valence-electron chi connectivity index (χ2n) is 7.96. The number of sulfonamides is 1. The maximum atomic E-state index is 12.9. The second kappa shape index (κ2) is 10.5. The zero-order valence-corrected chi connectivity index (χ0v) is 20.1. The fourth-order valence-corrected chi connectivity index (χ4v) is 5.85. The predicted molar refractivity (Wildman–Crippen MR) is 131 cm³/mol. The molecule has 10 heteroatoms. The van der Waals surface area contributed by atoms with Crippen LogP contribution < -0.4 is 10.6 Å². The lowest BCUT2D eigenvalue weighted by Crippen LogP contribution is -2.40. The first-order valence-corrected chi connectivity index (χ1v) is 12.9. The van der Waals surface area contributed by atoms with E-state index in [1.807, 2.05) is 6.07 Å². The van der Waals surface area contributed by atoms with Crippen LogP contribution in [0.4, 0.5) is 5.69 Å². The van der Waals surface area contributed by atoms with Crippen LogP contribution in [-0.4, -0.2) is 68.2 Å². The molecule has 2 N–H and O–H groups in total. The summed E-state index contributed by atoms with van der Waals surface area (Å²) in [5.74, 6) is 0. The first-order valence-electron chi connectivity index (χ1n) is 10.6. The number of rotatable bonds is 6. The van der Waals surface area contributed by atoms with Crippen molar-refractivity contribution in [3.63, 3.8) is 0 Å². The standard InChI is InChI=1S/C22H27ClN4O3S2/c23-20-7-6-19(32(28,29)27-10-12-30-13-11-27)14-21(20)25-22(31)24-18-8-9-26(16-18)15-17-4-2-1-3-5-17/h1-7,14,18H,8-13,15-16H2,(H2,24,25,31). The van der Waals surface area contributed by atoms with Gasteiger partial charge in [0.05, 0.1) is 28.8 Å². The molecule has 0 amide bonds. The molecule has 2 aromatic rings. The van der Waals surface area contributed by atoms with Crippen molar-refractivity contribution in [3.05, 3.63) is 59.1 Å². The minimum Gasteiger partial charge on any atom is -0.379 e. The van der Waals surface area contributed by atoms with Gasteiger partial charge in [0, 0.05) is 38.8 Å². The van der Waals surface area contributed by atoms with Crippen LogP contribution in [0.25, 0.3) is 0 Å². The Hall–Kier alpha value is -1.75. The Balaban J connectivity index is 1.35. The highest BCUT2D eigenvalue weighted by Gasteiger charge is 2.27. The van der Waals surface area contributed by atoms with Crippen molar-refractivity contribution in [1.82, 2.24) is 14.5 Å². The highest BCUT2D eigenvalue weighted by molar-refractivity contribution is 7.89. The summed E-state index contributed by atoms with van der Waals surface area (Å²) in [6, 6.07) is 15.3. The van der Waals surface area contributed by atoms with E-state index in [0.29, 0.717) is 42.1 Å². The second-order valence-corrected chi connectivity index (χ2v) is 10.7. The van der Waals surface area contributed by atoms with Crippen molar-refractivity contribution in [2.75, 3.05) is 44.7 Å². The number of hydrogen-bond donors (Lipinski definition) is 2. The van der Waals surface area contributed by atoms with Gasteiger partial charge in [-0.1, -0.05) is 41.9 Å². The normalized spacial score (nSPS) is 20.2. The Labute approximate surface area is 199 Å². The van der Waals surface area contributed by atoms with Gasteiger partial charge in [-0.15, -0.1) is 0 Å². The van der Waals surface area contributed by atoms with Gasteiger partial charge >= 0.3 is 0 Å². The first kappa shape index (κ1) is 23.4. The average Bonchev–Trinajstić information content (AvgIpc) is 3.23. The molecule has 2 aliphatic rings. The number of ether oxygens (including phenoxy) is 1. The number of morpholine rings is 1. The lowest BCUT2D eigenvalue weighted by atomic mass is 10.2. The van der Waals surface area contributed by atoms with E-state index in [2.05, 4.69) is 39.8 Å². The third-order valence-electron chi connectivity index (χ3n) is 5.65. The van der Waals surface area contributed by atoms with Crippen LogP contribution in [0.15, 0.2) is 53.4 Å². The molecule has 2 aromatic carbocycles. The topological polar surface area (TPSA) is 73.9 Å². The molecule has 0 aliphatic carbocycles. The molecule has 32 heavy (non-hydrogen) atoms. The Kier molecular flexibility index (Phi) is 7.65. The van der Waals surface area contributed by atoms with Gasteiger partial charge in [0.15, 0.2) is 5.11 Å². The summed E-state index contributed by atoms with van der Waals surface area (Å²) in [6.07, 6.45) is 0.980. The SMILES string of the molecule is O=S(=O)(c1ccc(Cl)c(NC(=S)NC2CCN(Cc3ccccc3)C2)c1)N1CCOCC1. The van der Waals surface area contributed by atoms with E-state index in [0.717, 1.165) is 26.1 Å². The molecular formula is C22H27ClN4O3S2. The summed E-state index contributed by atoms with van der Waals surface area (Å²) in [6.45, 7) is 4.26. The zero-order chi connectivity index (χ0) is 22.6. The van der Waals surface area contributed by atoms with Gasteiger partial charge in [0.2, 0.25) is 10.0 Å². The zero-order valence-electron chi connectivity index (χ0n) is 17.7. The van der Waals surface area contributed by atoms with Gasteiger partial charge in [-0.25, -0.2) is 8.42 Å². The van der Waals surface area contributed by atoms with Gasteiger partial charge in [-0.3, -0.25) is 4.90 Å². The third-order valence-corrected chi connectivity index (χ3v) is 8.09. The fourth-order valence-electron chi connectivity index (χ4n) is 3.98. The van der Waals surface area contributed by atoms with E-state index in [4.69, 9.17) is 28.6 Å². The Morgan fingerprint density at radius 2 is 1.88 bits per heavy atom. The van der Waals surface area contributed by atoms with E-state index in [-0.39, 0.29) is 10.9 Å². The molecule has 0 saturated carbocycles. The number of hydrogen-bond acceptors (Lipinski definition) is 5. The molecule has 1 atom stereocenters. The van der Waals surface area contributed by atoms with Crippen LogP contribution in [-0.2, 0) is 21.3 Å². The highest BCUT2D eigenvalue weighted by Crippen LogP contribution is 2.27. The first-order chi connectivity index (χ1) is 15.4. The van der Waals surface area contributed by atoms with Crippen molar-refractivity contribution in [2.45, 2.75) is 23.9 Å². The molecular weight excluding hydrogens is 468 g/mol. The van der Waals surface area contributed by atoms with E-state index < -0.39 is 10.0 Å². The maximum Gasteiger partial charge on any atom is 0.243 e.